The molecule has 0 aliphatic carbocycles. The number of nitrogens with one attached hydrogen (secondary N) is 1. The number of anilines is 1. The van der Waals surface area contributed by atoms with E-state index in [-0.39, 0.29) is 0 Å². The van der Waals surface area contributed by atoms with Crippen molar-refractivity contribution in [1.29, 1.82) is 0 Å². The molecule has 4 rings (SSSR count). The highest BCUT2D eigenvalue weighted by Gasteiger charge is 2.21. The lowest BCUT2D eigenvalue weighted by atomic mass is 10.0. The van der Waals surface area contributed by atoms with E-state index in [2.05, 4.69) is 37.2 Å². The Bertz CT molecular complexity index is 994. The van der Waals surface area contributed by atoms with Gasteiger partial charge in [0.05, 0.1) is 23.1 Å². The molecule has 1 saturated heterocycles. The van der Waals surface area contributed by atoms with Gasteiger partial charge in [0, 0.05) is 24.5 Å². The van der Waals surface area contributed by atoms with Crippen LogP contribution in [0.3, 0.4) is 0 Å². The van der Waals surface area contributed by atoms with Crippen molar-refractivity contribution in [2.24, 2.45) is 0 Å². The average Bonchev–Trinajstić information content (AvgIpc) is 3.18. The molecule has 0 amide bonds. The first-order valence-corrected chi connectivity index (χ1v) is 11.2. The van der Waals surface area contributed by atoms with E-state index in [0.717, 1.165) is 48.4 Å². The van der Waals surface area contributed by atoms with Crippen molar-refractivity contribution in [2.75, 3.05) is 31.5 Å². The van der Waals surface area contributed by atoms with Gasteiger partial charge in [-0.05, 0) is 59.2 Å². The van der Waals surface area contributed by atoms with Crippen LogP contribution in [0.15, 0.2) is 23.1 Å². The Hall–Kier alpha value is -2.87. The summed E-state index contributed by atoms with van der Waals surface area (Å²) in [5.74, 6) is 1.29. The Morgan fingerprint density at radius 3 is 2.61 bits per heavy atom. The van der Waals surface area contributed by atoms with E-state index in [9.17, 15) is 0 Å². The summed E-state index contributed by atoms with van der Waals surface area (Å²) in [7, 11) is 0. The van der Waals surface area contributed by atoms with Gasteiger partial charge in [0.2, 0.25) is 5.95 Å². The summed E-state index contributed by atoms with van der Waals surface area (Å²) < 4.78 is 5.66. The smallest absolute Gasteiger partial charge is 0.223 e. The number of nitrogens with zero attached hydrogens (tertiary/aromatic N) is 6. The lowest BCUT2D eigenvalue weighted by Crippen LogP contribution is -2.31. The second-order valence-corrected chi connectivity index (χ2v) is 8.11. The molecule has 1 N–H and O–H groups in total. The molecule has 8 heteroatoms. The van der Waals surface area contributed by atoms with Gasteiger partial charge in [-0.25, -0.2) is 9.97 Å². The molecule has 1 aliphatic heterocycles. The van der Waals surface area contributed by atoms with Crippen molar-refractivity contribution in [2.45, 2.75) is 52.9 Å². The highest BCUT2D eigenvalue weighted by Crippen LogP contribution is 2.33. The Morgan fingerprint density at radius 2 is 1.87 bits per heavy atom. The number of likely N-dealkylation sites (tertiary alicyclic amines) is 1. The molecule has 3 aromatic rings. The van der Waals surface area contributed by atoms with Crippen LogP contribution in [0.5, 0.6) is 0 Å². The molecule has 8 nitrogen and oxygen atoms in total. The number of hydrogen-bond acceptors (Lipinski definition) is 8. The first kappa shape index (κ1) is 21.4. The molecule has 0 saturated carbocycles. The van der Waals surface area contributed by atoms with Gasteiger partial charge in [-0.2, -0.15) is 0 Å². The maximum absolute atomic E-state index is 5.66. The lowest BCUT2D eigenvalue weighted by molar-refractivity contribution is 0.228. The SMILES string of the molecule is CCc1c(C)noc1-c1cnc(NCCCN2CCCCC2)nc1-c1cnc(C)cn1. The monoisotopic (exact) mass is 421 g/mol. The predicted octanol–water partition coefficient (Wildman–Crippen LogP) is 4.06. The first-order valence-electron chi connectivity index (χ1n) is 11.2. The van der Waals surface area contributed by atoms with E-state index in [1.165, 1.54) is 32.4 Å². The number of aromatic nitrogens is 5. The molecule has 0 atom stereocenters. The first-order chi connectivity index (χ1) is 15.2. The normalized spacial score (nSPS) is 14.7. The van der Waals surface area contributed by atoms with Gasteiger partial charge in [0.15, 0.2) is 5.76 Å². The number of aryl methyl sites for hydroxylation is 2. The fourth-order valence-electron chi connectivity index (χ4n) is 4.05. The molecular weight excluding hydrogens is 390 g/mol. The van der Waals surface area contributed by atoms with E-state index < -0.39 is 0 Å². The van der Waals surface area contributed by atoms with Crippen molar-refractivity contribution in [1.82, 2.24) is 30.0 Å². The van der Waals surface area contributed by atoms with Crippen molar-refractivity contribution < 1.29 is 4.52 Å². The number of rotatable bonds is 8. The molecular formula is C23H31N7O. The van der Waals surface area contributed by atoms with Gasteiger partial charge < -0.3 is 14.7 Å². The van der Waals surface area contributed by atoms with Gasteiger partial charge in [0.1, 0.15) is 11.4 Å². The van der Waals surface area contributed by atoms with Crippen LogP contribution in [0.4, 0.5) is 5.95 Å². The van der Waals surface area contributed by atoms with Gasteiger partial charge in [-0.3, -0.25) is 9.97 Å². The third-order valence-electron chi connectivity index (χ3n) is 5.78. The fourth-order valence-corrected chi connectivity index (χ4v) is 4.05. The van der Waals surface area contributed by atoms with E-state index in [0.29, 0.717) is 23.1 Å². The molecule has 1 fully saturated rings. The minimum atomic E-state index is 0.592. The topological polar surface area (TPSA) is 92.9 Å². The second-order valence-electron chi connectivity index (χ2n) is 8.11. The molecule has 0 unspecified atom stereocenters. The highest BCUT2D eigenvalue weighted by atomic mass is 16.5. The Labute approximate surface area is 183 Å². The van der Waals surface area contributed by atoms with Crippen LogP contribution < -0.4 is 5.32 Å². The van der Waals surface area contributed by atoms with Crippen molar-refractivity contribution in [3.8, 4) is 22.7 Å². The molecule has 1 aliphatic rings. The van der Waals surface area contributed by atoms with Crippen LogP contribution in [0.1, 0.15) is 49.6 Å². The fraction of sp³-hybridized carbons (Fsp3) is 0.522. The summed E-state index contributed by atoms with van der Waals surface area (Å²) in [6.45, 7) is 10.3. The van der Waals surface area contributed by atoms with Crippen LogP contribution in [0.25, 0.3) is 22.7 Å². The Kier molecular flexibility index (Phi) is 6.86. The molecule has 0 aromatic carbocycles. The van der Waals surface area contributed by atoms with Gasteiger partial charge >= 0.3 is 0 Å². The molecule has 0 spiro atoms. The summed E-state index contributed by atoms with van der Waals surface area (Å²) in [6.07, 6.45) is 11.2. The summed E-state index contributed by atoms with van der Waals surface area (Å²) in [4.78, 5) is 20.8. The van der Waals surface area contributed by atoms with Crippen molar-refractivity contribution >= 4 is 5.95 Å². The Morgan fingerprint density at radius 1 is 1.03 bits per heavy atom. The second kappa shape index (κ2) is 9.96. The average molecular weight is 422 g/mol. The van der Waals surface area contributed by atoms with Crippen LogP contribution in [-0.4, -0.2) is 56.2 Å². The highest BCUT2D eigenvalue weighted by molar-refractivity contribution is 5.78. The zero-order chi connectivity index (χ0) is 21.6. The van der Waals surface area contributed by atoms with Gasteiger partial charge in [-0.15, -0.1) is 0 Å². The molecule has 0 bridgehead atoms. The van der Waals surface area contributed by atoms with Crippen LogP contribution in [-0.2, 0) is 6.42 Å². The summed E-state index contributed by atoms with van der Waals surface area (Å²) >= 11 is 0. The van der Waals surface area contributed by atoms with Crippen LogP contribution in [0, 0.1) is 13.8 Å². The maximum Gasteiger partial charge on any atom is 0.223 e. The molecule has 4 heterocycles. The van der Waals surface area contributed by atoms with Crippen LogP contribution >= 0.6 is 0 Å². The van der Waals surface area contributed by atoms with Gasteiger partial charge in [-0.1, -0.05) is 18.5 Å². The summed E-state index contributed by atoms with van der Waals surface area (Å²) in [5, 5.41) is 7.53. The van der Waals surface area contributed by atoms with E-state index in [1.54, 1.807) is 18.6 Å². The van der Waals surface area contributed by atoms with E-state index in [4.69, 9.17) is 9.51 Å². The molecule has 164 valence electrons. The zero-order valence-electron chi connectivity index (χ0n) is 18.7. The van der Waals surface area contributed by atoms with Crippen molar-refractivity contribution in [3.05, 3.63) is 35.5 Å². The maximum atomic E-state index is 5.66. The lowest BCUT2D eigenvalue weighted by Gasteiger charge is -2.26. The molecule has 3 aromatic heterocycles. The van der Waals surface area contributed by atoms with Crippen molar-refractivity contribution in [3.63, 3.8) is 0 Å². The third-order valence-corrected chi connectivity index (χ3v) is 5.78. The molecule has 0 radical (unpaired) electrons. The minimum Gasteiger partial charge on any atom is -0.356 e. The third kappa shape index (κ3) is 5.07. The van der Waals surface area contributed by atoms with Gasteiger partial charge in [0.25, 0.3) is 0 Å². The summed E-state index contributed by atoms with van der Waals surface area (Å²) in [6, 6.07) is 0. The van der Waals surface area contributed by atoms with Crippen LogP contribution in [0.2, 0.25) is 0 Å². The number of piperidine rings is 1. The Balaban J connectivity index is 1.55. The largest absolute Gasteiger partial charge is 0.356 e. The summed E-state index contributed by atoms with van der Waals surface area (Å²) in [5.41, 5.74) is 4.99. The predicted molar refractivity (Wildman–Crippen MR) is 121 cm³/mol. The zero-order valence-corrected chi connectivity index (χ0v) is 18.7. The number of hydrogen-bond donors (Lipinski definition) is 1. The standard InChI is InChI=1S/C23H31N7O/c1-4-18-17(3)29-31-22(18)19-14-27-23(24-9-8-12-30-10-6-5-7-11-30)28-21(19)20-15-25-16(2)13-26-20/h13-15H,4-12H2,1-3H3,(H,24,27,28). The molecule has 31 heavy (non-hydrogen) atoms. The quantitative estimate of drug-likeness (QED) is 0.545. The minimum absolute atomic E-state index is 0.592. The van der Waals surface area contributed by atoms with E-state index in [1.807, 2.05) is 13.8 Å². The van der Waals surface area contributed by atoms with E-state index >= 15 is 0 Å².